The first-order valence-corrected chi connectivity index (χ1v) is 14.7. The van der Waals surface area contributed by atoms with Gasteiger partial charge in [0.25, 0.3) is 0 Å². The Morgan fingerprint density at radius 2 is 2.03 bits per heavy atom. The number of rotatable bonds is 15. The van der Waals surface area contributed by atoms with Crippen molar-refractivity contribution in [3.63, 3.8) is 0 Å². The monoisotopic (exact) mass is 523 g/mol. The van der Waals surface area contributed by atoms with Gasteiger partial charge in [0, 0.05) is 31.1 Å². The van der Waals surface area contributed by atoms with Crippen LogP contribution in [0.4, 0.5) is 0 Å². The van der Waals surface area contributed by atoms with Gasteiger partial charge in [-0.25, -0.2) is 0 Å². The molecular weight excluding hydrogens is 476 g/mol. The number of quaternary nitrogens is 1. The van der Waals surface area contributed by atoms with E-state index in [1.54, 1.807) is 6.07 Å². The van der Waals surface area contributed by atoms with Gasteiger partial charge < -0.3 is 14.9 Å². The second-order valence-electron chi connectivity index (χ2n) is 12.4. The first-order valence-electron chi connectivity index (χ1n) is 14.7. The molecule has 1 fully saturated rings. The standard InChI is InChI=1S/C32H46N2O4/c1-23(2)8-12-29-27-14-18-33-28(27)21-34(29)22-38-31-19-24(10-13-30(31)37)9-11-26(36)20-25(35)7-6-17-32(3)15-4-5-16-32/h10,13-14,18-19,21,23,25,29,35,37H,4-9,11-12,15-17,20,22H2,1-3H3/p+1. The minimum absolute atomic E-state index is 0.0848. The van der Waals surface area contributed by atoms with Gasteiger partial charge in [-0.2, -0.15) is 0 Å². The van der Waals surface area contributed by atoms with Crippen LogP contribution >= 0.6 is 0 Å². The highest BCUT2D eigenvalue weighted by Gasteiger charge is 2.36. The number of ketones is 1. The van der Waals surface area contributed by atoms with Crippen LogP contribution in [0.25, 0.3) is 0 Å². The fraction of sp³-hybridized carbons (Fsp3) is 0.625. The van der Waals surface area contributed by atoms with Gasteiger partial charge in [0.15, 0.2) is 11.5 Å². The number of carbonyl (C=O) groups excluding carboxylic acids is 1. The van der Waals surface area contributed by atoms with Crippen molar-refractivity contribution in [1.29, 1.82) is 0 Å². The van der Waals surface area contributed by atoms with E-state index in [4.69, 9.17) is 4.74 Å². The van der Waals surface area contributed by atoms with Crippen LogP contribution in [-0.4, -0.2) is 41.1 Å². The van der Waals surface area contributed by atoms with Gasteiger partial charge in [-0.3, -0.25) is 14.7 Å². The van der Waals surface area contributed by atoms with Crippen molar-refractivity contribution in [1.82, 2.24) is 0 Å². The summed E-state index contributed by atoms with van der Waals surface area (Å²) in [4.78, 5) is 18.2. The summed E-state index contributed by atoms with van der Waals surface area (Å²) < 4.78 is 6.09. The molecule has 1 aromatic rings. The summed E-state index contributed by atoms with van der Waals surface area (Å²) in [5.41, 5.74) is 3.69. The maximum atomic E-state index is 12.5. The number of aliphatic imine (C=N–C) groups is 1. The topological polar surface area (TPSA) is 83.6 Å². The molecule has 0 radical (unpaired) electrons. The van der Waals surface area contributed by atoms with Crippen molar-refractivity contribution in [3.8, 4) is 11.5 Å². The molecule has 208 valence electrons. The number of Topliss-reactive ketones (excluding diaryl/α,β-unsaturated/α-hetero) is 1. The molecule has 0 amide bonds. The third-order valence-corrected chi connectivity index (χ3v) is 8.64. The number of aryl methyl sites for hydroxylation is 1. The van der Waals surface area contributed by atoms with E-state index in [-0.39, 0.29) is 18.0 Å². The Morgan fingerprint density at radius 3 is 2.79 bits per heavy atom. The molecule has 1 aromatic carbocycles. The van der Waals surface area contributed by atoms with E-state index in [0.717, 1.165) is 36.9 Å². The molecule has 3 N–H and O–H groups in total. The van der Waals surface area contributed by atoms with Gasteiger partial charge in [-0.1, -0.05) is 46.1 Å². The van der Waals surface area contributed by atoms with Crippen LogP contribution in [0.15, 0.2) is 46.7 Å². The second-order valence-corrected chi connectivity index (χ2v) is 12.4. The molecule has 38 heavy (non-hydrogen) atoms. The summed E-state index contributed by atoms with van der Waals surface area (Å²) in [5.74, 6) is 1.27. The van der Waals surface area contributed by atoms with E-state index in [2.05, 4.69) is 38.0 Å². The smallest absolute Gasteiger partial charge is 0.227 e. The number of allylic oxidation sites excluding steroid dienone is 1. The molecule has 4 rings (SSSR count). The molecule has 0 saturated heterocycles. The van der Waals surface area contributed by atoms with Crippen LogP contribution < -0.4 is 9.64 Å². The highest BCUT2D eigenvalue weighted by molar-refractivity contribution is 5.80. The van der Waals surface area contributed by atoms with Crippen molar-refractivity contribution >= 4 is 12.0 Å². The summed E-state index contributed by atoms with van der Waals surface area (Å²) in [6.07, 6.45) is 17.0. The second kappa shape index (κ2) is 13.1. The molecule has 6 heteroatoms. The molecular formula is C32H47N2O4+. The number of phenolic OH excluding ortho intramolecular Hbond substituents is 1. The minimum atomic E-state index is -0.550. The van der Waals surface area contributed by atoms with E-state index in [9.17, 15) is 15.0 Å². The van der Waals surface area contributed by atoms with Gasteiger partial charge in [-0.15, -0.1) is 0 Å². The first-order chi connectivity index (χ1) is 18.2. The average Bonchev–Trinajstić information content (AvgIpc) is 3.58. The quantitative estimate of drug-likeness (QED) is 0.292. The summed E-state index contributed by atoms with van der Waals surface area (Å²) in [7, 11) is 0. The number of phenols is 1. The van der Waals surface area contributed by atoms with Crippen LogP contribution in [0, 0.1) is 11.3 Å². The minimum Gasteiger partial charge on any atom is -0.504 e. The van der Waals surface area contributed by atoms with Crippen molar-refractivity contribution in [2.24, 2.45) is 16.3 Å². The Bertz CT molecular complexity index is 1050. The molecule has 3 unspecified atom stereocenters. The van der Waals surface area contributed by atoms with Crippen molar-refractivity contribution < 1.29 is 24.6 Å². The normalized spacial score (nSPS) is 22.4. The summed E-state index contributed by atoms with van der Waals surface area (Å²) in [6.45, 7) is 7.25. The summed E-state index contributed by atoms with van der Waals surface area (Å²) >= 11 is 0. The number of carbonyl (C=O) groups is 1. The summed E-state index contributed by atoms with van der Waals surface area (Å²) in [6, 6.07) is 5.63. The van der Waals surface area contributed by atoms with Gasteiger partial charge in [-0.05, 0) is 73.6 Å². The largest absolute Gasteiger partial charge is 0.504 e. The lowest BCUT2D eigenvalue weighted by Gasteiger charge is -2.23. The number of nitrogens with zero attached hydrogens (tertiary/aromatic N) is 1. The number of aromatic hydroxyl groups is 1. The van der Waals surface area contributed by atoms with Gasteiger partial charge >= 0.3 is 0 Å². The third kappa shape index (κ3) is 7.79. The molecule has 0 bridgehead atoms. The Hall–Kier alpha value is -2.44. The number of benzene rings is 1. The molecule has 2 heterocycles. The predicted molar refractivity (Wildman–Crippen MR) is 151 cm³/mol. The maximum absolute atomic E-state index is 12.5. The van der Waals surface area contributed by atoms with E-state index in [0.29, 0.717) is 49.1 Å². The Morgan fingerprint density at radius 1 is 1.24 bits per heavy atom. The van der Waals surface area contributed by atoms with Gasteiger partial charge in [0.1, 0.15) is 23.7 Å². The molecule has 3 atom stereocenters. The van der Waals surface area contributed by atoms with Crippen molar-refractivity contribution in [2.45, 2.75) is 110 Å². The van der Waals surface area contributed by atoms with E-state index in [1.807, 2.05) is 18.3 Å². The van der Waals surface area contributed by atoms with Crippen LogP contribution in [0.5, 0.6) is 11.5 Å². The number of fused-ring (bicyclic) bond motifs is 1. The molecule has 1 aliphatic carbocycles. The van der Waals surface area contributed by atoms with Gasteiger partial charge in [0.05, 0.1) is 6.10 Å². The molecule has 0 spiro atoms. The fourth-order valence-electron chi connectivity index (χ4n) is 6.22. The van der Waals surface area contributed by atoms with Gasteiger partial charge in [0.2, 0.25) is 6.73 Å². The van der Waals surface area contributed by atoms with Crippen molar-refractivity contribution in [3.05, 3.63) is 47.3 Å². The highest BCUT2D eigenvalue weighted by Crippen LogP contribution is 2.41. The maximum Gasteiger partial charge on any atom is 0.227 e. The number of hydrogen-bond acceptors (Lipinski definition) is 5. The Kier molecular flexibility index (Phi) is 9.83. The predicted octanol–water partition coefficient (Wildman–Crippen LogP) is 5.29. The van der Waals surface area contributed by atoms with E-state index in [1.165, 1.54) is 36.2 Å². The Labute approximate surface area is 228 Å². The number of aliphatic hydroxyl groups excluding tert-OH is 1. The molecule has 1 saturated carbocycles. The zero-order valence-corrected chi connectivity index (χ0v) is 23.5. The zero-order chi connectivity index (χ0) is 27.1. The zero-order valence-electron chi connectivity index (χ0n) is 23.5. The van der Waals surface area contributed by atoms with E-state index >= 15 is 0 Å². The Balaban J connectivity index is 1.23. The number of hydrogen-bond donors (Lipinski definition) is 3. The molecule has 3 aliphatic rings. The van der Waals surface area contributed by atoms with Crippen LogP contribution in [0.3, 0.4) is 0 Å². The molecule has 6 nitrogen and oxygen atoms in total. The number of ether oxygens (including phenoxy) is 1. The highest BCUT2D eigenvalue weighted by atomic mass is 16.5. The number of nitrogens with one attached hydrogen (secondary N) is 1. The van der Waals surface area contributed by atoms with Crippen LogP contribution in [0.1, 0.15) is 97.0 Å². The third-order valence-electron chi connectivity index (χ3n) is 8.64. The van der Waals surface area contributed by atoms with Crippen molar-refractivity contribution in [2.75, 3.05) is 6.73 Å². The van der Waals surface area contributed by atoms with Crippen LogP contribution in [0.2, 0.25) is 0 Å². The summed E-state index contributed by atoms with van der Waals surface area (Å²) in [5, 5.41) is 20.8. The lowest BCUT2D eigenvalue weighted by molar-refractivity contribution is -0.880. The first kappa shape index (κ1) is 28.6. The lowest BCUT2D eigenvalue weighted by atomic mass is 9.83. The molecule has 0 aromatic heterocycles. The SMILES string of the molecule is CC(C)CCC1C2=CC=NC2=C[NH+]1COc1cc(CCC(=O)CC(O)CCCC2(C)CCCC2)ccc1O. The average molecular weight is 524 g/mol. The lowest BCUT2D eigenvalue weighted by Crippen LogP contribution is -3.11. The molecule has 2 aliphatic heterocycles. The van der Waals surface area contributed by atoms with Crippen LogP contribution in [-0.2, 0) is 11.2 Å². The number of aliphatic hydroxyl groups is 1. The fourth-order valence-corrected chi connectivity index (χ4v) is 6.22. The van der Waals surface area contributed by atoms with E-state index < -0.39 is 6.10 Å².